The smallest absolute Gasteiger partial charge is 0.407 e. The Balaban J connectivity index is 0.00000450. The van der Waals surface area contributed by atoms with Crippen LogP contribution in [0.15, 0.2) is 41.2 Å². The number of piperidine rings is 1. The normalized spacial score (nSPS) is 20.7. The van der Waals surface area contributed by atoms with Crippen LogP contribution in [-0.2, 0) is 9.53 Å². The van der Waals surface area contributed by atoms with Crippen molar-refractivity contribution in [2.45, 2.75) is 44.8 Å². The first-order chi connectivity index (χ1) is 13.7. The van der Waals surface area contributed by atoms with Gasteiger partial charge in [0.15, 0.2) is 0 Å². The number of alkyl carbamates (subject to hydrolysis) is 1. The molecule has 0 aromatic heterocycles. The molecular weight excluding hydrogens is 372 g/mol. The second-order valence-electron chi connectivity index (χ2n) is 7.82. The summed E-state index contributed by atoms with van der Waals surface area (Å²) in [7, 11) is 3.22. The standard InChI is InChI=1S/C21H30N4O4.H2/c1-21(2,3)29-20(27)24-18-10-19(26)25(15(11-22)12-23-4)13-17(18)14-6-8-16(28-5)9-7-14;/h6-9,11-12,17-18H,10,13,22H2,1-5H3,(H,24,27);1H/b15-11+,23-12?;/t17?,18-;/m1./s1. The quantitative estimate of drug-likeness (QED) is 0.734. The van der Waals surface area contributed by atoms with Crippen LogP contribution in [0.25, 0.3) is 0 Å². The van der Waals surface area contributed by atoms with Gasteiger partial charge in [0, 0.05) is 45.8 Å². The molecule has 1 saturated heterocycles. The number of amides is 2. The Morgan fingerprint density at radius 1 is 1.34 bits per heavy atom. The van der Waals surface area contributed by atoms with Crippen molar-refractivity contribution in [3.63, 3.8) is 0 Å². The molecule has 0 spiro atoms. The van der Waals surface area contributed by atoms with Crippen LogP contribution >= 0.6 is 0 Å². The highest BCUT2D eigenvalue weighted by molar-refractivity contribution is 5.89. The lowest BCUT2D eigenvalue weighted by molar-refractivity contribution is -0.132. The first-order valence-corrected chi connectivity index (χ1v) is 9.46. The van der Waals surface area contributed by atoms with Gasteiger partial charge in [0.1, 0.15) is 11.4 Å². The van der Waals surface area contributed by atoms with E-state index in [0.717, 1.165) is 11.3 Å². The zero-order valence-electron chi connectivity index (χ0n) is 17.6. The summed E-state index contributed by atoms with van der Waals surface area (Å²) in [6.45, 7) is 5.73. The summed E-state index contributed by atoms with van der Waals surface area (Å²) in [5, 5.41) is 2.87. The molecule has 2 atom stereocenters. The molecule has 2 amide bonds. The third-order valence-corrected chi connectivity index (χ3v) is 4.55. The number of allylic oxidation sites excluding steroid dienone is 1. The molecule has 1 aromatic rings. The van der Waals surface area contributed by atoms with E-state index in [9.17, 15) is 9.59 Å². The maximum Gasteiger partial charge on any atom is 0.407 e. The van der Waals surface area contributed by atoms with E-state index < -0.39 is 17.7 Å². The number of carbonyl (C=O) groups excluding carboxylic acids is 2. The number of hydrogen-bond donors (Lipinski definition) is 2. The summed E-state index contributed by atoms with van der Waals surface area (Å²) in [5.74, 6) is 0.425. The first kappa shape index (κ1) is 22.3. The van der Waals surface area contributed by atoms with E-state index in [0.29, 0.717) is 12.2 Å². The number of carbonyl (C=O) groups is 2. The van der Waals surface area contributed by atoms with Crippen molar-refractivity contribution in [1.82, 2.24) is 10.2 Å². The molecule has 1 aliphatic rings. The maximum absolute atomic E-state index is 12.8. The zero-order valence-corrected chi connectivity index (χ0v) is 17.6. The number of hydrogen-bond acceptors (Lipinski definition) is 6. The van der Waals surface area contributed by atoms with Gasteiger partial charge in [-0.15, -0.1) is 0 Å². The highest BCUT2D eigenvalue weighted by Crippen LogP contribution is 2.31. The number of benzene rings is 1. The summed E-state index contributed by atoms with van der Waals surface area (Å²) in [6.07, 6.45) is 2.47. The van der Waals surface area contributed by atoms with Crippen LogP contribution < -0.4 is 15.8 Å². The third kappa shape index (κ3) is 5.97. The SMILES string of the molecule is CN=C/C(=C\N)N1CC(c2ccc(OC)cc2)[C@H](NC(=O)OC(C)(C)C)CC1=O.[HH]. The Labute approximate surface area is 173 Å². The molecule has 0 radical (unpaired) electrons. The largest absolute Gasteiger partial charge is 0.497 e. The van der Waals surface area contributed by atoms with Crippen molar-refractivity contribution >= 4 is 18.2 Å². The number of nitrogens with two attached hydrogens (primary N) is 1. The van der Waals surface area contributed by atoms with Crippen LogP contribution in [0.5, 0.6) is 5.75 Å². The Kier molecular flexibility index (Phi) is 7.25. The second-order valence-corrected chi connectivity index (χ2v) is 7.82. The molecule has 0 bridgehead atoms. The number of methoxy groups -OCH3 is 1. The molecule has 8 heteroatoms. The van der Waals surface area contributed by atoms with Crippen molar-refractivity contribution in [3.05, 3.63) is 41.7 Å². The van der Waals surface area contributed by atoms with Crippen LogP contribution in [0.3, 0.4) is 0 Å². The molecule has 160 valence electrons. The van der Waals surface area contributed by atoms with Gasteiger partial charge in [-0.05, 0) is 38.5 Å². The summed E-state index contributed by atoms with van der Waals surface area (Å²) < 4.78 is 10.6. The van der Waals surface area contributed by atoms with Crippen molar-refractivity contribution < 1.29 is 20.5 Å². The average Bonchev–Trinajstić information content (AvgIpc) is 2.65. The van der Waals surface area contributed by atoms with Crippen LogP contribution in [0, 0.1) is 0 Å². The van der Waals surface area contributed by atoms with E-state index in [4.69, 9.17) is 15.2 Å². The molecule has 0 aliphatic carbocycles. The Morgan fingerprint density at radius 2 is 2.00 bits per heavy atom. The number of rotatable bonds is 5. The van der Waals surface area contributed by atoms with Gasteiger partial charge in [-0.1, -0.05) is 12.1 Å². The Hall–Kier alpha value is -3.03. The van der Waals surface area contributed by atoms with E-state index in [1.807, 2.05) is 24.3 Å². The molecule has 0 saturated carbocycles. The fraction of sp³-hybridized carbons (Fsp3) is 0.476. The zero-order chi connectivity index (χ0) is 21.6. The molecule has 1 aromatic carbocycles. The van der Waals surface area contributed by atoms with Crippen LogP contribution in [0.2, 0.25) is 0 Å². The summed E-state index contributed by atoms with van der Waals surface area (Å²) >= 11 is 0. The molecule has 1 fully saturated rings. The highest BCUT2D eigenvalue weighted by atomic mass is 16.6. The van der Waals surface area contributed by atoms with Gasteiger partial charge in [-0.25, -0.2) is 4.79 Å². The van der Waals surface area contributed by atoms with E-state index in [1.165, 1.54) is 6.20 Å². The van der Waals surface area contributed by atoms with Gasteiger partial charge in [-0.2, -0.15) is 0 Å². The van der Waals surface area contributed by atoms with E-state index >= 15 is 0 Å². The lowest BCUT2D eigenvalue weighted by Crippen LogP contribution is -2.52. The van der Waals surface area contributed by atoms with E-state index in [-0.39, 0.29) is 19.7 Å². The Morgan fingerprint density at radius 3 is 2.52 bits per heavy atom. The molecular formula is C21H32N4O4. The fourth-order valence-electron chi connectivity index (χ4n) is 3.25. The predicted molar refractivity (Wildman–Crippen MR) is 114 cm³/mol. The average molecular weight is 405 g/mol. The van der Waals surface area contributed by atoms with Gasteiger partial charge in [0.25, 0.3) is 0 Å². The monoisotopic (exact) mass is 404 g/mol. The highest BCUT2D eigenvalue weighted by Gasteiger charge is 2.37. The minimum absolute atomic E-state index is 0. The summed E-state index contributed by atoms with van der Waals surface area (Å²) in [4.78, 5) is 30.7. The number of nitrogens with zero attached hydrogens (tertiary/aromatic N) is 2. The molecule has 1 aliphatic heterocycles. The Bertz CT molecular complexity index is 787. The van der Waals surface area contributed by atoms with Gasteiger partial charge in [-0.3, -0.25) is 9.79 Å². The maximum atomic E-state index is 12.8. The third-order valence-electron chi connectivity index (χ3n) is 4.55. The number of likely N-dealkylation sites (tertiary alicyclic amines) is 1. The predicted octanol–water partition coefficient (Wildman–Crippen LogP) is 2.65. The van der Waals surface area contributed by atoms with Crippen molar-refractivity contribution in [2.75, 3.05) is 20.7 Å². The topological polar surface area (TPSA) is 106 Å². The van der Waals surface area contributed by atoms with E-state index in [1.54, 1.807) is 46.0 Å². The lowest BCUT2D eigenvalue weighted by Gasteiger charge is -2.39. The van der Waals surface area contributed by atoms with Crippen molar-refractivity contribution in [3.8, 4) is 5.75 Å². The number of ether oxygens (including phenoxy) is 2. The summed E-state index contributed by atoms with van der Waals surface area (Å²) in [6, 6.07) is 7.16. The number of aliphatic imine (C=N–C) groups is 1. The fourth-order valence-corrected chi connectivity index (χ4v) is 3.25. The van der Waals surface area contributed by atoms with Crippen LogP contribution in [0.1, 0.15) is 40.1 Å². The summed E-state index contributed by atoms with van der Waals surface area (Å²) in [5.41, 5.74) is 6.56. The minimum Gasteiger partial charge on any atom is -0.497 e. The molecule has 29 heavy (non-hydrogen) atoms. The van der Waals surface area contributed by atoms with E-state index in [2.05, 4.69) is 10.3 Å². The van der Waals surface area contributed by atoms with Gasteiger partial charge in [0.05, 0.1) is 12.8 Å². The van der Waals surface area contributed by atoms with Crippen molar-refractivity contribution in [1.29, 1.82) is 0 Å². The van der Waals surface area contributed by atoms with Crippen LogP contribution in [-0.4, -0.2) is 55.5 Å². The molecule has 1 heterocycles. The van der Waals surface area contributed by atoms with Gasteiger partial charge in [0.2, 0.25) is 5.91 Å². The molecule has 1 unspecified atom stereocenters. The van der Waals surface area contributed by atoms with Crippen LogP contribution in [0.4, 0.5) is 4.79 Å². The first-order valence-electron chi connectivity index (χ1n) is 9.46. The van der Waals surface area contributed by atoms with Gasteiger partial charge < -0.3 is 25.4 Å². The lowest BCUT2D eigenvalue weighted by atomic mass is 9.85. The minimum atomic E-state index is -0.628. The second kappa shape index (κ2) is 9.45. The molecule has 8 nitrogen and oxygen atoms in total. The molecule has 2 rings (SSSR count). The van der Waals surface area contributed by atoms with Crippen molar-refractivity contribution in [2.24, 2.45) is 10.7 Å². The molecule has 3 N–H and O–H groups in total. The number of nitrogens with one attached hydrogen (secondary N) is 1. The van der Waals surface area contributed by atoms with Gasteiger partial charge >= 0.3 is 6.09 Å².